The Morgan fingerprint density at radius 2 is 1.78 bits per heavy atom. The Hall–Kier alpha value is -3.48. The normalized spacial score (nSPS) is 16.0. The summed E-state index contributed by atoms with van der Waals surface area (Å²) in [5, 5.41) is 6.33. The van der Waals surface area contributed by atoms with Gasteiger partial charge in [-0.05, 0) is 56.0 Å². The number of fused-ring (bicyclic) bond motifs is 2. The lowest BCUT2D eigenvalue weighted by molar-refractivity contribution is 0.0952. The number of nitrogens with one attached hydrogen (secondary N) is 2. The number of anilines is 1. The van der Waals surface area contributed by atoms with E-state index < -0.39 is 0 Å². The minimum absolute atomic E-state index is 0.0408. The van der Waals surface area contributed by atoms with Crippen molar-refractivity contribution in [3.8, 4) is 0 Å². The smallest absolute Gasteiger partial charge is 0.261 e. The molecule has 7 nitrogen and oxygen atoms in total. The SMILES string of the molecule is O=C(Nc1ccccc1C(=O)NC1CC1)c1ccc2c(=O)n3c(nc2c1)CCCCCC3. The summed E-state index contributed by atoms with van der Waals surface area (Å²) in [5.41, 5.74) is 1.79. The number of rotatable bonds is 4. The Bertz CT molecular complexity index is 1260. The highest BCUT2D eigenvalue weighted by Crippen LogP contribution is 2.22. The first-order valence-electron chi connectivity index (χ1n) is 11.3. The number of benzene rings is 2. The van der Waals surface area contributed by atoms with E-state index >= 15 is 0 Å². The van der Waals surface area contributed by atoms with Gasteiger partial charge in [0, 0.05) is 24.6 Å². The lowest BCUT2D eigenvalue weighted by Crippen LogP contribution is -2.27. The number of nitrogens with zero attached hydrogens (tertiary/aromatic N) is 2. The van der Waals surface area contributed by atoms with Crippen LogP contribution >= 0.6 is 0 Å². The van der Waals surface area contributed by atoms with E-state index in [1.807, 2.05) is 0 Å². The summed E-state index contributed by atoms with van der Waals surface area (Å²) in [6, 6.07) is 12.2. The van der Waals surface area contributed by atoms with Gasteiger partial charge in [0.1, 0.15) is 5.82 Å². The van der Waals surface area contributed by atoms with Crippen LogP contribution in [0, 0.1) is 0 Å². The zero-order chi connectivity index (χ0) is 22.1. The van der Waals surface area contributed by atoms with Crippen LogP contribution in [-0.2, 0) is 13.0 Å². The molecule has 2 amide bonds. The van der Waals surface area contributed by atoms with Gasteiger partial charge in [-0.15, -0.1) is 0 Å². The molecule has 1 fully saturated rings. The van der Waals surface area contributed by atoms with Crippen molar-refractivity contribution in [3.63, 3.8) is 0 Å². The molecule has 1 aliphatic heterocycles. The number of hydrogen-bond acceptors (Lipinski definition) is 4. The predicted octanol–water partition coefficient (Wildman–Crippen LogP) is 3.66. The van der Waals surface area contributed by atoms with Crippen molar-refractivity contribution >= 4 is 28.4 Å². The molecule has 0 atom stereocenters. The molecule has 1 aliphatic carbocycles. The van der Waals surface area contributed by atoms with Gasteiger partial charge in [-0.2, -0.15) is 0 Å². The Morgan fingerprint density at radius 3 is 2.62 bits per heavy atom. The highest BCUT2D eigenvalue weighted by atomic mass is 16.2. The van der Waals surface area contributed by atoms with Crippen LogP contribution in [0.4, 0.5) is 5.69 Å². The second-order valence-corrected chi connectivity index (χ2v) is 8.63. The lowest BCUT2D eigenvalue weighted by Gasteiger charge is -2.16. The molecule has 32 heavy (non-hydrogen) atoms. The van der Waals surface area contributed by atoms with E-state index in [9.17, 15) is 14.4 Å². The average molecular weight is 431 g/mol. The number of hydrogen-bond donors (Lipinski definition) is 2. The van der Waals surface area contributed by atoms with Crippen molar-refractivity contribution in [1.82, 2.24) is 14.9 Å². The maximum atomic E-state index is 13.0. The van der Waals surface area contributed by atoms with Crippen LogP contribution in [0.5, 0.6) is 0 Å². The number of carbonyl (C=O) groups excluding carboxylic acids is 2. The molecule has 5 rings (SSSR count). The first-order chi connectivity index (χ1) is 15.6. The summed E-state index contributed by atoms with van der Waals surface area (Å²) in [4.78, 5) is 43.2. The molecule has 0 bridgehead atoms. The predicted molar refractivity (Wildman–Crippen MR) is 123 cm³/mol. The zero-order valence-electron chi connectivity index (χ0n) is 17.9. The van der Waals surface area contributed by atoms with Crippen LogP contribution in [-0.4, -0.2) is 27.4 Å². The van der Waals surface area contributed by atoms with Crippen LogP contribution in [0.25, 0.3) is 10.9 Å². The molecule has 0 radical (unpaired) electrons. The Morgan fingerprint density at radius 1 is 0.969 bits per heavy atom. The van der Waals surface area contributed by atoms with Crippen LogP contribution in [0.3, 0.4) is 0 Å². The molecule has 2 N–H and O–H groups in total. The molecule has 164 valence electrons. The highest BCUT2D eigenvalue weighted by Gasteiger charge is 2.25. The molecule has 1 saturated carbocycles. The number of amides is 2. The van der Waals surface area contributed by atoms with Gasteiger partial charge < -0.3 is 10.6 Å². The van der Waals surface area contributed by atoms with E-state index in [-0.39, 0.29) is 23.4 Å². The second-order valence-electron chi connectivity index (χ2n) is 8.63. The number of carbonyl (C=O) groups is 2. The standard InChI is InChI=1S/C25H26N4O3/c30-23(28-20-8-5-4-7-18(20)24(31)26-17-11-12-17)16-10-13-19-21(15-16)27-22-9-3-1-2-6-14-29(22)25(19)32/h4-5,7-8,10,13,15,17H,1-3,6,9,11-12,14H2,(H,26,31)(H,28,30). The van der Waals surface area contributed by atoms with E-state index in [4.69, 9.17) is 4.98 Å². The molecule has 2 aromatic carbocycles. The second kappa shape index (κ2) is 8.57. The molecule has 7 heteroatoms. The third kappa shape index (κ3) is 4.15. The highest BCUT2D eigenvalue weighted by molar-refractivity contribution is 6.10. The lowest BCUT2D eigenvalue weighted by atomic mass is 10.1. The minimum Gasteiger partial charge on any atom is -0.349 e. The van der Waals surface area contributed by atoms with Gasteiger partial charge in [-0.1, -0.05) is 25.0 Å². The third-order valence-corrected chi connectivity index (χ3v) is 6.16. The van der Waals surface area contributed by atoms with Gasteiger partial charge in [0.25, 0.3) is 17.4 Å². The van der Waals surface area contributed by atoms with Crippen molar-refractivity contribution in [2.75, 3.05) is 5.32 Å². The molecular formula is C25H26N4O3. The Kier molecular flexibility index (Phi) is 5.47. The number of para-hydroxylation sites is 1. The van der Waals surface area contributed by atoms with Crippen molar-refractivity contribution in [2.45, 2.75) is 57.5 Å². The third-order valence-electron chi connectivity index (χ3n) is 6.16. The van der Waals surface area contributed by atoms with Gasteiger partial charge >= 0.3 is 0 Å². The molecule has 0 spiro atoms. The summed E-state index contributed by atoms with van der Waals surface area (Å²) in [6.45, 7) is 0.694. The Labute approximate surface area is 185 Å². The largest absolute Gasteiger partial charge is 0.349 e. The molecular weight excluding hydrogens is 404 g/mol. The van der Waals surface area contributed by atoms with E-state index in [1.165, 1.54) is 0 Å². The van der Waals surface area contributed by atoms with Gasteiger partial charge in [0.05, 0.1) is 22.2 Å². The summed E-state index contributed by atoms with van der Waals surface area (Å²) >= 11 is 0. The summed E-state index contributed by atoms with van der Waals surface area (Å²) in [6.07, 6.45) is 7.02. The molecule has 2 heterocycles. The topological polar surface area (TPSA) is 93.1 Å². The van der Waals surface area contributed by atoms with E-state index in [0.29, 0.717) is 34.3 Å². The van der Waals surface area contributed by atoms with Crippen molar-refractivity contribution < 1.29 is 9.59 Å². The van der Waals surface area contributed by atoms with Crippen LogP contribution in [0.2, 0.25) is 0 Å². The summed E-state index contributed by atoms with van der Waals surface area (Å²) in [7, 11) is 0. The molecule has 0 unspecified atom stereocenters. The zero-order valence-corrected chi connectivity index (χ0v) is 17.9. The van der Waals surface area contributed by atoms with Gasteiger partial charge in [-0.3, -0.25) is 19.0 Å². The fourth-order valence-electron chi connectivity index (χ4n) is 4.21. The monoisotopic (exact) mass is 430 g/mol. The van der Waals surface area contributed by atoms with Crippen molar-refractivity contribution in [3.05, 3.63) is 69.8 Å². The Balaban J connectivity index is 1.44. The molecule has 0 saturated heterocycles. The fraction of sp³-hybridized carbons (Fsp3) is 0.360. The first-order valence-corrected chi connectivity index (χ1v) is 11.3. The van der Waals surface area contributed by atoms with E-state index in [2.05, 4.69) is 10.6 Å². The maximum Gasteiger partial charge on any atom is 0.261 e. The van der Waals surface area contributed by atoms with E-state index in [1.54, 1.807) is 47.0 Å². The fourth-order valence-corrected chi connectivity index (χ4v) is 4.21. The van der Waals surface area contributed by atoms with Crippen molar-refractivity contribution in [2.24, 2.45) is 0 Å². The minimum atomic E-state index is -0.341. The molecule has 1 aromatic heterocycles. The van der Waals surface area contributed by atoms with E-state index in [0.717, 1.165) is 50.8 Å². The summed E-state index contributed by atoms with van der Waals surface area (Å²) in [5.74, 6) is 0.268. The van der Waals surface area contributed by atoms with Gasteiger partial charge in [0.15, 0.2) is 0 Å². The van der Waals surface area contributed by atoms with Crippen LogP contribution in [0.1, 0.15) is 65.1 Å². The molecule has 3 aromatic rings. The maximum absolute atomic E-state index is 13.0. The first kappa shape index (κ1) is 20.4. The number of aromatic nitrogens is 2. The van der Waals surface area contributed by atoms with Gasteiger partial charge in [0.2, 0.25) is 0 Å². The van der Waals surface area contributed by atoms with Gasteiger partial charge in [-0.25, -0.2) is 4.98 Å². The van der Waals surface area contributed by atoms with Crippen LogP contribution in [0.15, 0.2) is 47.3 Å². The number of aryl methyl sites for hydroxylation is 1. The van der Waals surface area contributed by atoms with Crippen molar-refractivity contribution in [1.29, 1.82) is 0 Å². The average Bonchev–Trinajstić information content (AvgIpc) is 3.59. The summed E-state index contributed by atoms with van der Waals surface area (Å²) < 4.78 is 1.79. The van der Waals surface area contributed by atoms with Crippen LogP contribution < -0.4 is 16.2 Å². The molecule has 2 aliphatic rings. The quantitative estimate of drug-likeness (QED) is 0.661.